The van der Waals surface area contributed by atoms with Crippen LogP contribution in [0, 0.1) is 11.7 Å². The summed E-state index contributed by atoms with van der Waals surface area (Å²) in [6.07, 6.45) is -1.67. The van der Waals surface area contributed by atoms with Gasteiger partial charge in [0.1, 0.15) is 22.1 Å². The number of amidine groups is 1. The van der Waals surface area contributed by atoms with E-state index in [1.807, 2.05) is 6.92 Å². The van der Waals surface area contributed by atoms with Crippen molar-refractivity contribution in [1.82, 2.24) is 9.97 Å². The number of ether oxygens (including phenoxy) is 1. The minimum Gasteiger partial charge on any atom is -0.470 e. The highest BCUT2D eigenvalue weighted by Gasteiger charge is 2.42. The van der Waals surface area contributed by atoms with Crippen LogP contribution in [0.15, 0.2) is 39.9 Å². The number of nitrogens with zero attached hydrogens (tertiary/aromatic N) is 4. The highest BCUT2D eigenvalue weighted by molar-refractivity contribution is 7.84. The molecule has 3 rings (SSSR count). The molecule has 0 saturated carbocycles. The van der Waals surface area contributed by atoms with Gasteiger partial charge in [-0.05, 0) is 51.3 Å². The number of hydrogen-bond acceptors (Lipinski definition) is 7. The minimum absolute atomic E-state index is 0.103. The lowest BCUT2D eigenvalue weighted by Crippen LogP contribution is -2.44. The molecule has 214 valence electrons. The quantitative estimate of drug-likeness (QED) is 0.405. The normalized spacial score (nSPS) is 25.4. The third-order valence-electron chi connectivity index (χ3n) is 6.52. The van der Waals surface area contributed by atoms with Crippen LogP contribution in [-0.2, 0) is 16.5 Å². The van der Waals surface area contributed by atoms with Crippen LogP contribution in [0.4, 0.5) is 27.6 Å². The van der Waals surface area contributed by atoms with Crippen molar-refractivity contribution in [2.45, 2.75) is 56.7 Å². The van der Waals surface area contributed by atoms with Crippen molar-refractivity contribution in [1.29, 1.82) is 0 Å². The van der Waals surface area contributed by atoms with Crippen molar-refractivity contribution in [2.75, 3.05) is 18.5 Å². The predicted molar refractivity (Wildman–Crippen MR) is 137 cm³/mol. The molecule has 9 nitrogen and oxygen atoms in total. The van der Waals surface area contributed by atoms with Crippen LogP contribution in [0.1, 0.15) is 50.2 Å². The van der Waals surface area contributed by atoms with Crippen LogP contribution >= 0.6 is 0 Å². The molecule has 1 aromatic carbocycles. The van der Waals surface area contributed by atoms with E-state index in [1.165, 1.54) is 18.2 Å². The summed E-state index contributed by atoms with van der Waals surface area (Å²) in [6.45, 7) is 5.68. The van der Waals surface area contributed by atoms with E-state index in [0.29, 0.717) is 13.0 Å². The Balaban J connectivity index is 1.85. The third-order valence-corrected chi connectivity index (χ3v) is 8.07. The lowest BCUT2D eigenvalue weighted by Gasteiger charge is -2.34. The van der Waals surface area contributed by atoms with Crippen LogP contribution in [-0.4, -0.2) is 56.5 Å². The molecular formula is C24H29F5N6O3S. The third kappa shape index (κ3) is 6.69. The molecule has 1 aliphatic heterocycles. The monoisotopic (exact) mass is 576 g/mol. The van der Waals surface area contributed by atoms with Gasteiger partial charge in [0.25, 0.3) is 5.91 Å². The zero-order valence-electron chi connectivity index (χ0n) is 21.6. The first-order valence-corrected chi connectivity index (χ1v) is 12.9. The number of anilines is 1. The molecule has 1 aliphatic rings. The standard InChI is InChI=1S/C24H29F5N6O3S/c1-13-7-8-33-39(37)22(2,3)21(30)35-23(13,4)15-9-14(5-6-16(15)25)34-19(36)17-10-32-18(11-31-17)38-12-24(28,29)20(26)27/h5-6,9-11,13,20H,7-8,12H2,1-4H3,(H2,30,35)(H,33,37)(H,34,36)/t13-,23-,39+/m0/s1. The molecule has 15 heteroatoms. The Morgan fingerprint density at radius 2 is 1.97 bits per heavy atom. The molecule has 2 aromatic rings. The second-order valence-electron chi connectivity index (χ2n) is 9.70. The number of nitrogens with one attached hydrogen (secondary N) is 1. The average Bonchev–Trinajstić information content (AvgIpc) is 2.90. The molecular weight excluding hydrogens is 547 g/mol. The summed E-state index contributed by atoms with van der Waals surface area (Å²) in [6, 6.07) is 3.91. The summed E-state index contributed by atoms with van der Waals surface area (Å²) >= 11 is 0. The molecule has 0 radical (unpaired) electrons. The van der Waals surface area contributed by atoms with E-state index in [1.54, 1.807) is 20.8 Å². The number of nitrogens with two attached hydrogens (primary N) is 1. The van der Waals surface area contributed by atoms with E-state index in [4.69, 9.17) is 5.73 Å². The Bertz CT molecular complexity index is 1280. The summed E-state index contributed by atoms with van der Waals surface area (Å²) < 4.78 is 84.1. The molecule has 0 fully saturated rings. The summed E-state index contributed by atoms with van der Waals surface area (Å²) in [4.78, 5) is 24.8. The summed E-state index contributed by atoms with van der Waals surface area (Å²) in [5.74, 6) is -6.36. The fourth-order valence-electron chi connectivity index (χ4n) is 3.62. The smallest absolute Gasteiger partial charge is 0.340 e. The summed E-state index contributed by atoms with van der Waals surface area (Å²) in [7, 11) is -1.40. The van der Waals surface area contributed by atoms with E-state index >= 15 is 4.39 Å². The van der Waals surface area contributed by atoms with Gasteiger partial charge < -0.3 is 20.3 Å². The zero-order valence-corrected chi connectivity index (χ0v) is 22.4. The molecule has 0 unspecified atom stereocenters. The molecule has 1 amide bonds. The number of carbonyl (C=O) groups is 1. The number of rotatable bonds is 7. The van der Waals surface area contributed by atoms with Gasteiger partial charge in [-0.3, -0.25) is 9.79 Å². The molecule has 0 bridgehead atoms. The Morgan fingerprint density at radius 1 is 1.28 bits per heavy atom. The number of amides is 1. The van der Waals surface area contributed by atoms with Gasteiger partial charge >= 0.3 is 12.3 Å². The largest absolute Gasteiger partial charge is 0.470 e. The summed E-state index contributed by atoms with van der Waals surface area (Å²) in [5.41, 5.74) is 5.21. The van der Waals surface area contributed by atoms with Crippen molar-refractivity contribution < 1.29 is 36.0 Å². The molecule has 3 atom stereocenters. The van der Waals surface area contributed by atoms with Gasteiger partial charge in [0, 0.05) is 28.8 Å². The van der Waals surface area contributed by atoms with Crippen molar-refractivity contribution >= 4 is 28.4 Å². The van der Waals surface area contributed by atoms with Gasteiger partial charge in [-0.2, -0.15) is 8.78 Å². The van der Waals surface area contributed by atoms with Crippen molar-refractivity contribution in [3.8, 4) is 5.88 Å². The highest BCUT2D eigenvalue weighted by Crippen LogP contribution is 2.40. The van der Waals surface area contributed by atoms with E-state index in [2.05, 4.69) is 29.4 Å². The van der Waals surface area contributed by atoms with Crippen molar-refractivity contribution in [3.63, 3.8) is 0 Å². The first-order chi connectivity index (χ1) is 18.1. The Labute approximate surface area is 224 Å². The molecule has 2 heterocycles. The number of aliphatic imine (C=N–C) groups is 1. The van der Waals surface area contributed by atoms with Gasteiger partial charge in [-0.1, -0.05) is 6.92 Å². The van der Waals surface area contributed by atoms with Gasteiger partial charge in [-0.25, -0.2) is 27.5 Å². The van der Waals surface area contributed by atoms with Gasteiger partial charge in [0.2, 0.25) is 5.88 Å². The molecule has 0 spiro atoms. The topological polar surface area (TPSA) is 135 Å². The second-order valence-corrected chi connectivity index (χ2v) is 11.5. The summed E-state index contributed by atoms with van der Waals surface area (Å²) in [5, 5.41) is 2.56. The Kier molecular flexibility index (Phi) is 8.95. The minimum atomic E-state index is -4.37. The van der Waals surface area contributed by atoms with Crippen LogP contribution in [0.2, 0.25) is 0 Å². The lowest BCUT2D eigenvalue weighted by molar-refractivity contribution is -0.148. The maximum atomic E-state index is 15.2. The Morgan fingerprint density at radius 3 is 2.59 bits per heavy atom. The van der Waals surface area contributed by atoms with Crippen LogP contribution in [0.5, 0.6) is 5.88 Å². The SMILES string of the molecule is C[C@H]1CC/N=[S@](/O)C(C)(C)/C(N)=N\[C@]1(C)c1cc(NC(=O)c2cnc(OCC(F)(F)C(F)F)cn2)ccc1F. The van der Waals surface area contributed by atoms with Gasteiger partial charge in [-0.15, -0.1) is 0 Å². The Hall–Kier alpha value is -3.20. The van der Waals surface area contributed by atoms with Crippen molar-refractivity contribution in [3.05, 3.63) is 47.7 Å². The second kappa shape index (κ2) is 11.5. The van der Waals surface area contributed by atoms with Crippen LogP contribution < -0.4 is 15.8 Å². The molecule has 0 saturated heterocycles. The number of alkyl halides is 4. The molecule has 1 aromatic heterocycles. The van der Waals surface area contributed by atoms with Gasteiger partial charge in [0.05, 0.1) is 17.9 Å². The maximum absolute atomic E-state index is 15.2. The number of benzene rings is 1. The first kappa shape index (κ1) is 30.3. The number of carbonyl (C=O) groups excluding carboxylic acids is 1. The molecule has 4 N–H and O–H groups in total. The predicted octanol–water partition coefficient (Wildman–Crippen LogP) is 4.81. The zero-order chi connectivity index (χ0) is 29.2. The van der Waals surface area contributed by atoms with Gasteiger partial charge in [0.15, 0.2) is 6.61 Å². The van der Waals surface area contributed by atoms with E-state index in [-0.39, 0.29) is 28.7 Å². The molecule has 0 aliphatic carbocycles. The van der Waals surface area contributed by atoms with Crippen LogP contribution in [0.3, 0.4) is 0 Å². The maximum Gasteiger partial charge on any atom is 0.340 e. The number of hydrogen-bond donors (Lipinski definition) is 3. The highest BCUT2D eigenvalue weighted by atomic mass is 32.2. The van der Waals surface area contributed by atoms with E-state index in [9.17, 15) is 26.9 Å². The van der Waals surface area contributed by atoms with E-state index in [0.717, 1.165) is 12.4 Å². The fraction of sp³-hybridized carbons (Fsp3) is 0.500. The fourth-order valence-corrected chi connectivity index (χ4v) is 4.45. The van der Waals surface area contributed by atoms with E-state index < -0.39 is 57.8 Å². The number of aromatic nitrogens is 2. The van der Waals surface area contributed by atoms with Crippen molar-refractivity contribution in [2.24, 2.45) is 21.0 Å². The lowest BCUT2D eigenvalue weighted by atomic mass is 9.78. The average molecular weight is 577 g/mol. The molecule has 39 heavy (non-hydrogen) atoms. The first-order valence-electron chi connectivity index (χ1n) is 11.8. The number of halogens is 5. The van der Waals surface area contributed by atoms with Crippen LogP contribution in [0.25, 0.3) is 0 Å².